The van der Waals surface area contributed by atoms with Crippen molar-refractivity contribution < 1.29 is 112 Å². The van der Waals surface area contributed by atoms with Crippen molar-refractivity contribution in [2.24, 2.45) is 0 Å². The van der Waals surface area contributed by atoms with Gasteiger partial charge in [0.2, 0.25) is 0 Å². The Kier molecular flexibility index (Phi) is 217. The third kappa shape index (κ3) is 187. The maximum Gasteiger partial charge on any atom is 2.00 e. The molecule has 0 rings (SSSR count). The van der Waals surface area contributed by atoms with E-state index < -0.39 is 55.0 Å². The second kappa shape index (κ2) is 69.8. The molecule has 0 amide bonds. The van der Waals surface area contributed by atoms with E-state index in [9.17, 15) is 55.5 Å². The summed E-state index contributed by atoms with van der Waals surface area (Å²) < 4.78 is 65.4. The Bertz CT molecular complexity index is 329. The van der Waals surface area contributed by atoms with Gasteiger partial charge in [-0.25, -0.2) is 0 Å². The Morgan fingerprint density at radius 1 is 0.333 bits per heavy atom. The summed E-state index contributed by atoms with van der Waals surface area (Å²) in [4.78, 5) is 55.7. The van der Waals surface area contributed by atoms with Gasteiger partial charge in [0.1, 0.15) is 0 Å². The predicted octanol–water partition coefficient (Wildman–Crippen LogP) is -17.2. The average molecular weight is 648 g/mol. The van der Waals surface area contributed by atoms with Crippen LogP contribution in [-0.4, -0.2) is 191 Å². The van der Waals surface area contributed by atoms with Crippen LogP contribution in [0.15, 0.2) is 0 Å². The van der Waals surface area contributed by atoms with E-state index in [4.69, 9.17) is 0 Å². The molecular weight excluding hydrogens is 634 g/mol. The van der Waals surface area contributed by atoms with Crippen LogP contribution in [0.25, 0.3) is 0 Å². The van der Waals surface area contributed by atoms with Gasteiger partial charge in [0, 0.05) is 0 Å². The average Bonchev–Trinajstić information content (AvgIpc) is 2.10. The maximum atomic E-state index is 9.29. The summed E-state index contributed by atoms with van der Waals surface area (Å²) in [6.07, 6.45) is 0. The predicted molar refractivity (Wildman–Crippen MR) is 90.5 cm³/mol. The number of hydrogen-bond acceptors (Lipinski definition) is 17. The molecule has 23 nitrogen and oxygen atoms in total. The first-order valence-electron chi connectivity index (χ1n) is 3.67. The van der Waals surface area contributed by atoms with Crippen LogP contribution in [-0.2, 0) is 39.1 Å². The van der Waals surface area contributed by atoms with Gasteiger partial charge in [-0.3, -0.25) is 0 Å². The molecule has 0 atom stereocenters. The largest absolute Gasteiger partial charge is 2.00 e. The minimum Gasteiger partial charge on any atom is -0.870 e. The Morgan fingerprint density at radius 3 is 0.394 bits per heavy atom. The molecule has 0 bridgehead atoms. The molecule has 0 fully saturated rings. The van der Waals surface area contributed by atoms with Crippen LogP contribution >= 0.6 is 0 Å². The normalized spacial score (nSPS) is 4.73. The molecule has 184 valence electrons. The summed E-state index contributed by atoms with van der Waals surface area (Å²) >= 11 is 0. The van der Waals surface area contributed by atoms with Crippen LogP contribution < -0.4 is 28.8 Å². The summed E-state index contributed by atoms with van der Waals surface area (Å²) in [6, 6.07) is 0. The molecule has 14 N–H and O–H groups in total. The molecule has 0 heterocycles. The first-order chi connectivity index (χ1) is 9.38. The molecule has 0 saturated heterocycles. The van der Waals surface area contributed by atoms with Gasteiger partial charge in [-0.1, -0.05) is 0 Å². The first kappa shape index (κ1) is 102. The second-order valence-corrected chi connectivity index (χ2v) is 7.26. The zero-order chi connectivity index (χ0) is 17.6. The van der Waals surface area contributed by atoms with Crippen molar-refractivity contribution in [1.82, 2.24) is 0 Å². The van der Waals surface area contributed by atoms with Crippen molar-refractivity contribution in [2.75, 3.05) is 0 Å². The Morgan fingerprint density at radius 2 is 0.394 bits per heavy atom. The van der Waals surface area contributed by atoms with Gasteiger partial charge in [-0.05, 0) is 0 Å². The molecule has 0 aliphatic carbocycles. The summed E-state index contributed by atoms with van der Waals surface area (Å²) in [7, 11) is -21.1. The minimum absolute atomic E-state index is 0. The van der Waals surface area contributed by atoms with E-state index in [2.05, 4.69) is 12.3 Å². The van der Waals surface area contributed by atoms with Crippen LogP contribution in [0.1, 0.15) is 0 Å². The van der Waals surface area contributed by atoms with Crippen molar-refractivity contribution in [3.8, 4) is 0 Å². The maximum absolute atomic E-state index is 9.29. The van der Waals surface area contributed by atoms with Gasteiger partial charge in [-0.2, -0.15) is 0 Å². The second-order valence-electron chi connectivity index (χ2n) is 1.81. The molecular formula is H14Mg4O23Si6. The van der Waals surface area contributed by atoms with Crippen LogP contribution in [0.5, 0.6) is 0 Å². The molecule has 0 spiro atoms. The van der Waals surface area contributed by atoms with E-state index in [0.717, 1.165) is 0 Å². The smallest absolute Gasteiger partial charge is 0.870 e. The molecule has 0 aromatic carbocycles. The van der Waals surface area contributed by atoms with E-state index in [1.165, 1.54) is 0 Å². The van der Waals surface area contributed by atoms with Gasteiger partial charge in [-0.15, -0.1) is 0 Å². The van der Waals surface area contributed by atoms with Crippen molar-refractivity contribution >= 4 is 147 Å². The fraction of sp³-hybridized carbons (Fsp3) is 0. The van der Waals surface area contributed by atoms with Crippen LogP contribution in [0.2, 0.25) is 0 Å². The fourth-order valence-electron chi connectivity index (χ4n) is 0.204. The Hall–Kier alpha value is 1.05. The summed E-state index contributed by atoms with van der Waals surface area (Å²) in [5, 5.41) is 0. The fourth-order valence-corrected chi connectivity index (χ4v) is 1.84. The van der Waals surface area contributed by atoms with E-state index >= 15 is 0 Å². The molecule has 0 aromatic rings. The van der Waals surface area contributed by atoms with Gasteiger partial charge >= 0.3 is 147 Å². The zero-order valence-corrected chi connectivity index (χ0v) is 27.5. The zero-order valence-electron chi connectivity index (χ0n) is 15.8. The van der Waals surface area contributed by atoms with Gasteiger partial charge in [0.15, 0.2) is 0 Å². The third-order valence-electron chi connectivity index (χ3n) is 0.500. The standard InChI is InChI=1S/4Mg.3O5Si2.8H2O/c;;;;3*1-6(2)5-7(3)4;;;;;;;;/h;;;;;;;8*1H2/q4*+2;3*-2;;;;;;;;/p-2. The van der Waals surface area contributed by atoms with Crippen LogP contribution in [0.3, 0.4) is 0 Å². The Labute approximate surface area is 256 Å². The van der Waals surface area contributed by atoms with E-state index in [1.54, 1.807) is 0 Å². The molecule has 33 heavy (non-hydrogen) atoms. The van der Waals surface area contributed by atoms with Crippen LogP contribution in [0, 0.1) is 0 Å². The number of hydrogen-bond donors (Lipinski definition) is 0. The molecule has 0 aromatic heterocycles. The summed E-state index contributed by atoms with van der Waals surface area (Å²) in [6.45, 7) is 0. The molecule has 0 aliphatic heterocycles. The molecule has 0 unspecified atom stereocenters. The van der Waals surface area contributed by atoms with Crippen LogP contribution in [0.4, 0.5) is 0 Å². The van der Waals surface area contributed by atoms with Gasteiger partial charge < -0.3 is 112 Å². The van der Waals surface area contributed by atoms with E-state index in [-0.39, 0.29) is 136 Å². The third-order valence-corrected chi connectivity index (χ3v) is 4.50. The summed E-state index contributed by atoms with van der Waals surface area (Å²) in [5.41, 5.74) is 0. The SMILES string of the molecule is O.O.O.O.O.O.O=[Si]([O-])O[Si](=O)[O-].O=[Si]([O-])O[Si](=O)[O-].O=[Si]([O-])O[Si](=O)[O-].[Mg+2].[Mg+2].[Mg+2].[Mg+2].[OH-].[OH-]. The van der Waals surface area contributed by atoms with Crippen molar-refractivity contribution in [2.45, 2.75) is 0 Å². The quantitative estimate of drug-likeness (QED) is 0.241. The molecule has 0 radical (unpaired) electrons. The first-order valence-corrected chi connectivity index (χ1v) is 11.0. The van der Waals surface area contributed by atoms with E-state index in [0.29, 0.717) is 0 Å². The summed E-state index contributed by atoms with van der Waals surface area (Å²) in [5.74, 6) is 0. The van der Waals surface area contributed by atoms with Crippen molar-refractivity contribution in [3.05, 3.63) is 0 Å². The van der Waals surface area contributed by atoms with Gasteiger partial charge in [0.25, 0.3) is 0 Å². The number of rotatable bonds is 6. The van der Waals surface area contributed by atoms with Crippen molar-refractivity contribution in [3.63, 3.8) is 0 Å². The monoisotopic (exact) mass is 646 g/mol. The topological polar surface area (TPSA) is 517 Å². The van der Waals surface area contributed by atoms with Gasteiger partial charge in [0.05, 0.1) is 0 Å². The molecule has 33 heteroatoms. The van der Waals surface area contributed by atoms with E-state index in [1.807, 2.05) is 0 Å². The minimum atomic E-state index is -3.51. The van der Waals surface area contributed by atoms with Crippen molar-refractivity contribution in [1.29, 1.82) is 0 Å². The molecule has 0 aliphatic rings. The molecule has 0 saturated carbocycles. The Balaban J connectivity index is -0.00000000959.